The van der Waals surface area contributed by atoms with Crippen LogP contribution in [0.3, 0.4) is 0 Å². The number of aromatic nitrogens is 3. The Morgan fingerprint density at radius 3 is 2.68 bits per heavy atom. The lowest BCUT2D eigenvalue weighted by atomic mass is 10.1. The maximum Gasteiger partial charge on any atom is 0.264 e. The molecule has 1 aliphatic heterocycles. The number of benzene rings is 3. The quantitative estimate of drug-likeness (QED) is 0.446. The maximum atomic E-state index is 13.6. The van der Waals surface area contributed by atoms with E-state index in [0.717, 1.165) is 5.56 Å². The van der Waals surface area contributed by atoms with E-state index in [-0.39, 0.29) is 16.5 Å². The normalized spacial score (nSPS) is 15.2. The summed E-state index contributed by atoms with van der Waals surface area (Å²) in [5.41, 5.74) is 2.83. The number of hydrogen-bond acceptors (Lipinski definition) is 5. The monoisotopic (exact) mass is 493 g/mol. The molecule has 1 unspecified atom stereocenters. The first-order chi connectivity index (χ1) is 16.3. The van der Waals surface area contributed by atoms with Crippen molar-refractivity contribution >= 4 is 38.9 Å². The molecular formula is C24H20ClN5O3S. The minimum absolute atomic E-state index is 0.0475. The SMILES string of the molecule is CC1Cc2ccccc2N1S(=O)(=O)c1cccc(C(=O)Nc2cc(Cl)ccc2-n2cncn2)c1. The molecule has 1 aromatic heterocycles. The molecule has 1 amide bonds. The number of amides is 1. The van der Waals surface area contributed by atoms with Crippen LogP contribution >= 0.6 is 11.6 Å². The summed E-state index contributed by atoms with van der Waals surface area (Å²) >= 11 is 6.14. The van der Waals surface area contributed by atoms with Gasteiger partial charge in [0.25, 0.3) is 15.9 Å². The van der Waals surface area contributed by atoms with Gasteiger partial charge in [0.2, 0.25) is 0 Å². The fourth-order valence-electron chi connectivity index (χ4n) is 4.15. The Morgan fingerprint density at radius 2 is 1.88 bits per heavy atom. The third kappa shape index (κ3) is 3.93. The summed E-state index contributed by atoms with van der Waals surface area (Å²) in [6.45, 7) is 1.87. The van der Waals surface area contributed by atoms with E-state index in [1.807, 2.05) is 25.1 Å². The molecule has 1 atom stereocenters. The summed E-state index contributed by atoms with van der Waals surface area (Å²) in [5, 5.41) is 7.34. The molecule has 34 heavy (non-hydrogen) atoms. The van der Waals surface area contributed by atoms with E-state index in [4.69, 9.17) is 11.6 Å². The molecule has 8 nitrogen and oxygen atoms in total. The van der Waals surface area contributed by atoms with Gasteiger partial charge in [-0.2, -0.15) is 5.10 Å². The van der Waals surface area contributed by atoms with Gasteiger partial charge in [-0.1, -0.05) is 35.9 Å². The van der Waals surface area contributed by atoms with Crippen LogP contribution in [0.4, 0.5) is 11.4 Å². The van der Waals surface area contributed by atoms with Gasteiger partial charge >= 0.3 is 0 Å². The lowest BCUT2D eigenvalue weighted by molar-refractivity contribution is 0.102. The molecule has 0 radical (unpaired) electrons. The number of hydrogen-bond donors (Lipinski definition) is 1. The minimum Gasteiger partial charge on any atom is -0.320 e. The van der Waals surface area contributed by atoms with Crippen LogP contribution in [0.15, 0.2) is 84.3 Å². The second kappa shape index (κ2) is 8.58. The maximum absolute atomic E-state index is 13.6. The number of carbonyl (C=O) groups is 1. The van der Waals surface area contributed by atoms with Crippen molar-refractivity contribution in [2.24, 2.45) is 0 Å². The van der Waals surface area contributed by atoms with E-state index >= 15 is 0 Å². The zero-order valence-corrected chi connectivity index (χ0v) is 19.7. The minimum atomic E-state index is -3.87. The van der Waals surface area contributed by atoms with Crippen molar-refractivity contribution in [2.45, 2.75) is 24.3 Å². The van der Waals surface area contributed by atoms with Crippen LogP contribution in [0.2, 0.25) is 5.02 Å². The van der Waals surface area contributed by atoms with Crippen LogP contribution in [-0.4, -0.2) is 35.1 Å². The van der Waals surface area contributed by atoms with E-state index in [1.165, 1.54) is 33.8 Å². The third-order valence-electron chi connectivity index (χ3n) is 5.67. The highest BCUT2D eigenvalue weighted by molar-refractivity contribution is 7.92. The fraction of sp³-hybridized carbons (Fsp3) is 0.125. The van der Waals surface area contributed by atoms with Gasteiger partial charge in [0.05, 0.1) is 22.0 Å². The molecule has 0 fully saturated rings. The van der Waals surface area contributed by atoms with Crippen molar-refractivity contribution in [1.82, 2.24) is 14.8 Å². The van der Waals surface area contributed by atoms with Crippen molar-refractivity contribution in [3.63, 3.8) is 0 Å². The summed E-state index contributed by atoms with van der Waals surface area (Å²) in [6, 6.07) is 18.2. The number of anilines is 2. The third-order valence-corrected chi connectivity index (χ3v) is 7.83. The number of para-hydroxylation sites is 1. The number of halogens is 1. The molecular weight excluding hydrogens is 474 g/mol. The van der Waals surface area contributed by atoms with E-state index in [0.29, 0.717) is 28.5 Å². The first-order valence-electron chi connectivity index (χ1n) is 10.5. The highest BCUT2D eigenvalue weighted by atomic mass is 35.5. The first kappa shape index (κ1) is 22.1. The van der Waals surface area contributed by atoms with Gasteiger partial charge in [0.15, 0.2) is 0 Å². The topological polar surface area (TPSA) is 97.2 Å². The van der Waals surface area contributed by atoms with Gasteiger partial charge in [0, 0.05) is 16.6 Å². The van der Waals surface area contributed by atoms with Gasteiger partial charge in [-0.3, -0.25) is 9.10 Å². The Bertz CT molecular complexity index is 1490. The van der Waals surface area contributed by atoms with Crippen LogP contribution in [0.25, 0.3) is 5.69 Å². The zero-order chi connectivity index (χ0) is 23.9. The van der Waals surface area contributed by atoms with Crippen molar-refractivity contribution in [3.8, 4) is 5.69 Å². The Morgan fingerprint density at radius 1 is 1.06 bits per heavy atom. The van der Waals surface area contributed by atoms with Gasteiger partial charge in [0.1, 0.15) is 12.7 Å². The first-order valence-corrected chi connectivity index (χ1v) is 12.3. The lowest BCUT2D eigenvalue weighted by Crippen LogP contribution is -2.35. The number of sulfonamides is 1. The molecule has 1 aliphatic rings. The highest BCUT2D eigenvalue weighted by Gasteiger charge is 2.36. The Hall–Kier alpha value is -3.69. The number of fused-ring (bicyclic) bond motifs is 1. The van der Waals surface area contributed by atoms with Gasteiger partial charge in [-0.15, -0.1) is 0 Å². The standard InChI is InChI=1S/C24H20ClN5O3S/c1-16-11-17-5-2-3-8-22(17)30(16)34(32,33)20-7-4-6-18(12-20)24(31)28-21-13-19(25)9-10-23(21)29-15-26-14-27-29/h2-10,12-16H,11H2,1H3,(H,28,31). The van der Waals surface area contributed by atoms with Crippen LogP contribution < -0.4 is 9.62 Å². The number of nitrogens with zero attached hydrogens (tertiary/aromatic N) is 4. The second-order valence-corrected chi connectivity index (χ2v) is 10.2. The van der Waals surface area contributed by atoms with Crippen LogP contribution in [0.5, 0.6) is 0 Å². The highest BCUT2D eigenvalue weighted by Crippen LogP contribution is 2.36. The number of carbonyl (C=O) groups excluding carboxylic acids is 1. The van der Waals surface area contributed by atoms with Crippen LogP contribution in [0, 0.1) is 0 Å². The summed E-state index contributed by atoms with van der Waals surface area (Å²) < 4.78 is 30.0. The molecule has 2 heterocycles. The van der Waals surface area contributed by atoms with Gasteiger partial charge in [-0.05, 0) is 61.4 Å². The van der Waals surface area contributed by atoms with Crippen molar-refractivity contribution in [2.75, 3.05) is 9.62 Å². The summed E-state index contributed by atoms with van der Waals surface area (Å²) in [6.07, 6.45) is 3.52. The van der Waals surface area contributed by atoms with Crippen molar-refractivity contribution in [1.29, 1.82) is 0 Å². The van der Waals surface area contributed by atoms with Gasteiger partial charge < -0.3 is 5.32 Å². The summed E-state index contributed by atoms with van der Waals surface area (Å²) in [4.78, 5) is 17.1. The number of nitrogens with one attached hydrogen (secondary N) is 1. The molecule has 0 bridgehead atoms. The van der Waals surface area contributed by atoms with Crippen molar-refractivity contribution in [3.05, 3.63) is 95.5 Å². The molecule has 0 aliphatic carbocycles. The molecule has 3 aromatic carbocycles. The Balaban J connectivity index is 1.47. The predicted octanol–water partition coefficient (Wildman–Crippen LogP) is 4.31. The molecule has 5 rings (SSSR count). The smallest absolute Gasteiger partial charge is 0.264 e. The molecule has 172 valence electrons. The van der Waals surface area contributed by atoms with Crippen molar-refractivity contribution < 1.29 is 13.2 Å². The molecule has 0 spiro atoms. The predicted molar refractivity (Wildman–Crippen MR) is 130 cm³/mol. The number of rotatable bonds is 5. The van der Waals surface area contributed by atoms with Gasteiger partial charge in [-0.25, -0.2) is 18.1 Å². The molecule has 1 N–H and O–H groups in total. The molecule has 4 aromatic rings. The lowest BCUT2D eigenvalue weighted by Gasteiger charge is -2.24. The Labute approximate surface area is 201 Å². The van der Waals surface area contributed by atoms with E-state index < -0.39 is 15.9 Å². The second-order valence-electron chi connectivity index (χ2n) is 7.97. The summed E-state index contributed by atoms with van der Waals surface area (Å²) in [7, 11) is -3.87. The Kier molecular flexibility index (Phi) is 5.59. The molecule has 0 saturated heterocycles. The fourth-order valence-corrected chi connectivity index (χ4v) is 6.06. The average Bonchev–Trinajstić information content (AvgIpc) is 3.46. The average molecular weight is 494 g/mol. The van der Waals surface area contributed by atoms with E-state index in [1.54, 1.807) is 36.4 Å². The van der Waals surface area contributed by atoms with Crippen LogP contribution in [-0.2, 0) is 16.4 Å². The van der Waals surface area contributed by atoms with E-state index in [9.17, 15) is 13.2 Å². The van der Waals surface area contributed by atoms with Crippen LogP contribution in [0.1, 0.15) is 22.8 Å². The summed E-state index contributed by atoms with van der Waals surface area (Å²) in [5.74, 6) is -0.476. The van der Waals surface area contributed by atoms with E-state index in [2.05, 4.69) is 15.4 Å². The zero-order valence-electron chi connectivity index (χ0n) is 18.1. The molecule has 0 saturated carbocycles. The largest absolute Gasteiger partial charge is 0.320 e. The molecule has 10 heteroatoms.